The van der Waals surface area contributed by atoms with Gasteiger partial charge >= 0.3 is 11.9 Å². The summed E-state index contributed by atoms with van der Waals surface area (Å²) in [5.74, 6) is -2.01. The van der Waals surface area contributed by atoms with Crippen molar-refractivity contribution in [1.29, 1.82) is 0 Å². The number of halogens is 1. The average Bonchev–Trinajstić information content (AvgIpc) is 2.77. The molecule has 0 aliphatic carbocycles. The molecule has 0 saturated heterocycles. The molecule has 2 rings (SSSR count). The molecule has 0 bridgehead atoms. The van der Waals surface area contributed by atoms with Crippen LogP contribution in [0.25, 0.3) is 0 Å². The van der Waals surface area contributed by atoms with Gasteiger partial charge < -0.3 is 20.1 Å². The molecule has 9 heteroatoms. The number of nitrogens with one attached hydrogen (secondary N) is 2. The van der Waals surface area contributed by atoms with E-state index in [1.165, 1.54) is 0 Å². The van der Waals surface area contributed by atoms with Crippen molar-refractivity contribution in [3.8, 4) is 0 Å². The Balaban J connectivity index is 1.68. The Morgan fingerprint density at radius 2 is 1.59 bits per heavy atom. The van der Waals surface area contributed by atoms with Crippen molar-refractivity contribution in [2.75, 3.05) is 23.8 Å². The van der Waals surface area contributed by atoms with Gasteiger partial charge in [0.2, 0.25) is 5.91 Å². The van der Waals surface area contributed by atoms with Crippen LogP contribution in [0.3, 0.4) is 0 Å². The lowest BCUT2D eigenvalue weighted by Gasteiger charge is -2.08. The molecule has 2 amide bonds. The molecular formula is C23H25ClN2O6. The molecular weight excluding hydrogens is 436 g/mol. The fourth-order valence-corrected chi connectivity index (χ4v) is 2.69. The van der Waals surface area contributed by atoms with Crippen LogP contribution in [-0.2, 0) is 23.9 Å². The number of hydrogen-bond acceptors (Lipinski definition) is 6. The first-order chi connectivity index (χ1) is 15.4. The third kappa shape index (κ3) is 9.18. The highest BCUT2D eigenvalue weighted by atomic mass is 35.5. The third-order valence-electron chi connectivity index (χ3n) is 4.16. The zero-order chi connectivity index (χ0) is 23.3. The summed E-state index contributed by atoms with van der Waals surface area (Å²) in [7, 11) is 0. The van der Waals surface area contributed by atoms with Gasteiger partial charge in [0.25, 0.3) is 5.91 Å². The molecule has 0 fully saturated rings. The van der Waals surface area contributed by atoms with E-state index in [0.29, 0.717) is 28.6 Å². The van der Waals surface area contributed by atoms with Crippen molar-refractivity contribution < 1.29 is 28.7 Å². The second kappa shape index (κ2) is 13.1. The van der Waals surface area contributed by atoms with Crippen LogP contribution in [0.1, 0.15) is 43.0 Å². The van der Waals surface area contributed by atoms with Gasteiger partial charge in [0.15, 0.2) is 6.61 Å². The van der Waals surface area contributed by atoms with E-state index in [9.17, 15) is 19.2 Å². The van der Waals surface area contributed by atoms with Crippen LogP contribution in [-0.4, -0.2) is 37.0 Å². The summed E-state index contributed by atoms with van der Waals surface area (Å²) in [4.78, 5) is 47.5. The predicted molar refractivity (Wildman–Crippen MR) is 121 cm³/mol. The summed E-state index contributed by atoms with van der Waals surface area (Å²) in [6.07, 6.45) is 1.44. The maximum Gasteiger partial charge on any atom is 0.338 e. The van der Waals surface area contributed by atoms with Crippen LogP contribution < -0.4 is 10.6 Å². The molecule has 0 radical (unpaired) electrons. The minimum absolute atomic E-state index is 0.116. The maximum absolute atomic E-state index is 12.0. The molecule has 8 nitrogen and oxygen atoms in total. The van der Waals surface area contributed by atoms with Crippen LogP contribution in [0.2, 0.25) is 5.02 Å². The molecule has 0 unspecified atom stereocenters. The van der Waals surface area contributed by atoms with Gasteiger partial charge in [-0.15, -0.1) is 0 Å². The number of unbranched alkanes of at least 4 members (excludes halogenated alkanes) is 1. The number of carbonyl (C=O) groups is 4. The van der Waals surface area contributed by atoms with Gasteiger partial charge in [-0.1, -0.05) is 31.0 Å². The molecule has 0 saturated carbocycles. The quantitative estimate of drug-likeness (QED) is 0.384. The van der Waals surface area contributed by atoms with Crippen molar-refractivity contribution >= 4 is 46.7 Å². The maximum atomic E-state index is 12.0. The summed E-state index contributed by atoms with van der Waals surface area (Å²) in [5, 5.41) is 5.64. The van der Waals surface area contributed by atoms with Gasteiger partial charge in [0, 0.05) is 22.8 Å². The number of amides is 2. The molecule has 0 aliphatic rings. The smallest absolute Gasteiger partial charge is 0.338 e. The van der Waals surface area contributed by atoms with Crippen LogP contribution in [0.5, 0.6) is 0 Å². The summed E-state index contributed by atoms with van der Waals surface area (Å²) in [6.45, 7) is 1.90. The molecule has 2 N–H and O–H groups in total. The molecule has 2 aromatic rings. The SMILES string of the molecule is CCCCOC(=O)c1ccc(NC(=O)CCC(=O)OCC(=O)Nc2cccc(Cl)c2)cc1. The first-order valence-electron chi connectivity index (χ1n) is 10.2. The van der Waals surface area contributed by atoms with Crippen molar-refractivity contribution in [3.05, 3.63) is 59.1 Å². The molecule has 0 spiro atoms. The van der Waals surface area contributed by atoms with Gasteiger partial charge in [-0.25, -0.2) is 4.79 Å². The molecule has 0 aliphatic heterocycles. The normalized spacial score (nSPS) is 10.2. The molecule has 0 heterocycles. The van der Waals surface area contributed by atoms with E-state index in [-0.39, 0.29) is 12.8 Å². The Bertz CT molecular complexity index is 946. The summed E-state index contributed by atoms with van der Waals surface area (Å²) in [5.41, 5.74) is 1.35. The largest absolute Gasteiger partial charge is 0.462 e. The van der Waals surface area contributed by atoms with Crippen LogP contribution >= 0.6 is 11.6 Å². The number of ether oxygens (including phenoxy) is 2. The van der Waals surface area contributed by atoms with E-state index in [1.54, 1.807) is 48.5 Å². The standard InChI is InChI=1S/C23H25ClN2O6/c1-2-3-13-31-23(30)16-7-9-18(10-8-16)25-20(27)11-12-22(29)32-15-21(28)26-19-6-4-5-17(24)14-19/h4-10,14H,2-3,11-13,15H2,1H3,(H,25,27)(H,26,28). The highest BCUT2D eigenvalue weighted by Crippen LogP contribution is 2.15. The van der Waals surface area contributed by atoms with Crippen LogP contribution in [0, 0.1) is 0 Å². The summed E-state index contributed by atoms with van der Waals surface area (Å²) >= 11 is 5.83. The van der Waals surface area contributed by atoms with Crippen molar-refractivity contribution in [1.82, 2.24) is 0 Å². The minimum atomic E-state index is -0.674. The lowest BCUT2D eigenvalue weighted by atomic mass is 10.2. The molecule has 0 aromatic heterocycles. The second-order valence-corrected chi connectivity index (χ2v) is 7.27. The van der Waals surface area contributed by atoms with E-state index in [4.69, 9.17) is 21.1 Å². The predicted octanol–water partition coefficient (Wildman–Crippen LogP) is 4.20. The Morgan fingerprint density at radius 1 is 0.875 bits per heavy atom. The van der Waals surface area contributed by atoms with Crippen molar-refractivity contribution in [2.45, 2.75) is 32.6 Å². The summed E-state index contributed by atoms with van der Waals surface area (Å²) < 4.78 is 9.99. The average molecular weight is 461 g/mol. The van der Waals surface area contributed by atoms with Crippen molar-refractivity contribution in [3.63, 3.8) is 0 Å². The number of esters is 2. The van der Waals surface area contributed by atoms with Gasteiger partial charge in [-0.3, -0.25) is 14.4 Å². The number of benzene rings is 2. The van der Waals surface area contributed by atoms with E-state index in [2.05, 4.69) is 10.6 Å². The number of hydrogen-bond donors (Lipinski definition) is 2. The Morgan fingerprint density at radius 3 is 2.28 bits per heavy atom. The minimum Gasteiger partial charge on any atom is -0.462 e. The van der Waals surface area contributed by atoms with E-state index < -0.39 is 30.4 Å². The van der Waals surface area contributed by atoms with Gasteiger partial charge in [-0.05, 0) is 48.9 Å². The first kappa shape index (κ1) is 24.9. The number of carbonyl (C=O) groups excluding carboxylic acids is 4. The van der Waals surface area contributed by atoms with Gasteiger partial charge in [0.05, 0.1) is 18.6 Å². The topological polar surface area (TPSA) is 111 Å². The molecule has 170 valence electrons. The first-order valence-corrected chi connectivity index (χ1v) is 10.5. The zero-order valence-electron chi connectivity index (χ0n) is 17.7. The fraction of sp³-hybridized carbons (Fsp3) is 0.304. The second-order valence-electron chi connectivity index (χ2n) is 6.83. The van der Waals surface area contributed by atoms with E-state index in [0.717, 1.165) is 12.8 Å². The summed E-state index contributed by atoms with van der Waals surface area (Å²) in [6, 6.07) is 12.8. The highest BCUT2D eigenvalue weighted by Gasteiger charge is 2.12. The van der Waals surface area contributed by atoms with Gasteiger partial charge in [0.1, 0.15) is 0 Å². The van der Waals surface area contributed by atoms with Gasteiger partial charge in [-0.2, -0.15) is 0 Å². The number of anilines is 2. The lowest BCUT2D eigenvalue weighted by Crippen LogP contribution is -2.21. The van der Waals surface area contributed by atoms with Crippen molar-refractivity contribution in [2.24, 2.45) is 0 Å². The fourth-order valence-electron chi connectivity index (χ4n) is 2.50. The van der Waals surface area contributed by atoms with E-state index >= 15 is 0 Å². The monoisotopic (exact) mass is 460 g/mol. The Kier molecular flexibility index (Phi) is 10.2. The third-order valence-corrected chi connectivity index (χ3v) is 4.40. The zero-order valence-corrected chi connectivity index (χ0v) is 18.4. The molecule has 2 aromatic carbocycles. The Hall–Kier alpha value is -3.39. The van der Waals surface area contributed by atoms with Crippen LogP contribution in [0.15, 0.2) is 48.5 Å². The highest BCUT2D eigenvalue weighted by molar-refractivity contribution is 6.30. The number of rotatable bonds is 11. The van der Waals surface area contributed by atoms with Crippen LogP contribution in [0.4, 0.5) is 11.4 Å². The molecule has 32 heavy (non-hydrogen) atoms. The molecule has 0 atom stereocenters. The van der Waals surface area contributed by atoms with E-state index in [1.807, 2.05) is 6.92 Å². The lowest BCUT2D eigenvalue weighted by molar-refractivity contribution is -0.147. The Labute approximate surface area is 191 Å².